The van der Waals surface area contributed by atoms with E-state index in [2.05, 4.69) is 5.32 Å². The predicted molar refractivity (Wildman–Crippen MR) is 82.2 cm³/mol. The van der Waals surface area contributed by atoms with Gasteiger partial charge in [-0.25, -0.2) is 0 Å². The van der Waals surface area contributed by atoms with Crippen LogP contribution in [0.3, 0.4) is 0 Å². The van der Waals surface area contributed by atoms with Gasteiger partial charge < -0.3 is 5.32 Å². The molecule has 0 aromatic heterocycles. The van der Waals surface area contributed by atoms with Crippen LogP contribution in [-0.4, -0.2) is 10.8 Å². The van der Waals surface area contributed by atoms with Crippen LogP contribution in [0.2, 0.25) is 5.02 Å². The standard InChI is InChI=1S/C15H11ClN2O3/c16-12-2-1-3-13(10-12)17-15(19)9-6-11-4-7-14(8-5-11)18(20)21/h1-10H,(H,17,19). The number of hydrogen-bond donors (Lipinski definition) is 1. The summed E-state index contributed by atoms with van der Waals surface area (Å²) in [7, 11) is 0. The average Bonchev–Trinajstić information content (AvgIpc) is 2.45. The number of nitro groups is 1. The number of benzene rings is 2. The van der Waals surface area contributed by atoms with Crippen LogP contribution in [0.4, 0.5) is 11.4 Å². The Morgan fingerprint density at radius 2 is 1.90 bits per heavy atom. The van der Waals surface area contributed by atoms with Gasteiger partial charge in [-0.05, 0) is 42.0 Å². The lowest BCUT2D eigenvalue weighted by atomic mass is 10.2. The third kappa shape index (κ3) is 4.43. The number of amides is 1. The number of nitrogens with one attached hydrogen (secondary N) is 1. The number of hydrogen-bond acceptors (Lipinski definition) is 3. The van der Waals surface area contributed by atoms with E-state index in [1.54, 1.807) is 42.5 Å². The summed E-state index contributed by atoms with van der Waals surface area (Å²) in [6.45, 7) is 0. The molecule has 0 atom stereocenters. The fourth-order valence-electron chi connectivity index (χ4n) is 1.63. The molecule has 0 fully saturated rings. The van der Waals surface area contributed by atoms with Gasteiger partial charge in [-0.15, -0.1) is 0 Å². The van der Waals surface area contributed by atoms with E-state index in [-0.39, 0.29) is 11.6 Å². The van der Waals surface area contributed by atoms with Crippen molar-refractivity contribution in [1.82, 2.24) is 0 Å². The van der Waals surface area contributed by atoms with Gasteiger partial charge in [-0.2, -0.15) is 0 Å². The number of anilines is 1. The maximum atomic E-state index is 11.7. The number of rotatable bonds is 4. The van der Waals surface area contributed by atoms with Crippen LogP contribution < -0.4 is 5.32 Å². The summed E-state index contributed by atoms with van der Waals surface area (Å²) in [6.07, 6.45) is 2.92. The van der Waals surface area contributed by atoms with Crippen molar-refractivity contribution in [3.8, 4) is 0 Å². The molecule has 2 aromatic rings. The quantitative estimate of drug-likeness (QED) is 0.529. The molecule has 0 aliphatic rings. The first kappa shape index (κ1) is 14.7. The van der Waals surface area contributed by atoms with Crippen LogP contribution >= 0.6 is 11.6 Å². The van der Waals surface area contributed by atoms with Crippen molar-refractivity contribution in [2.75, 3.05) is 5.32 Å². The molecule has 1 amide bonds. The number of carbonyl (C=O) groups excluding carboxylic acids is 1. The van der Waals surface area contributed by atoms with Crippen molar-refractivity contribution in [3.05, 3.63) is 75.3 Å². The number of halogens is 1. The Kier molecular flexibility index (Phi) is 4.68. The van der Waals surface area contributed by atoms with Crippen LogP contribution in [0.1, 0.15) is 5.56 Å². The molecule has 0 saturated carbocycles. The van der Waals surface area contributed by atoms with Crippen LogP contribution in [0.15, 0.2) is 54.6 Å². The highest BCUT2D eigenvalue weighted by Crippen LogP contribution is 2.15. The Balaban J connectivity index is 2.00. The number of non-ortho nitro benzene ring substituents is 1. The van der Waals surface area contributed by atoms with Crippen LogP contribution in [-0.2, 0) is 4.79 Å². The maximum absolute atomic E-state index is 11.7. The third-order valence-corrected chi connectivity index (χ3v) is 2.86. The first-order chi connectivity index (χ1) is 10.0. The van der Waals surface area contributed by atoms with Gasteiger partial charge in [-0.3, -0.25) is 14.9 Å². The lowest BCUT2D eigenvalue weighted by molar-refractivity contribution is -0.384. The van der Waals surface area contributed by atoms with E-state index < -0.39 is 4.92 Å². The Morgan fingerprint density at radius 3 is 2.52 bits per heavy atom. The van der Waals surface area contributed by atoms with Crippen molar-refractivity contribution < 1.29 is 9.72 Å². The van der Waals surface area contributed by atoms with Crippen LogP contribution in [0, 0.1) is 10.1 Å². The van der Waals surface area contributed by atoms with Gasteiger partial charge in [-0.1, -0.05) is 17.7 Å². The summed E-state index contributed by atoms with van der Waals surface area (Å²) in [5.41, 5.74) is 1.30. The SMILES string of the molecule is O=C(C=Cc1ccc([N+](=O)[O-])cc1)Nc1cccc(Cl)c1. The van der Waals surface area contributed by atoms with Gasteiger partial charge in [0.2, 0.25) is 5.91 Å². The molecule has 2 rings (SSSR count). The molecule has 6 heteroatoms. The van der Waals surface area contributed by atoms with E-state index in [0.29, 0.717) is 16.3 Å². The average molecular weight is 303 g/mol. The minimum Gasteiger partial charge on any atom is -0.322 e. The molecule has 1 N–H and O–H groups in total. The lowest BCUT2D eigenvalue weighted by Crippen LogP contribution is -2.07. The Bertz CT molecular complexity index is 696. The predicted octanol–water partition coefficient (Wildman–Crippen LogP) is 3.90. The monoisotopic (exact) mass is 302 g/mol. The maximum Gasteiger partial charge on any atom is 0.269 e. The molecule has 0 heterocycles. The van der Waals surface area contributed by atoms with Gasteiger partial charge in [0.05, 0.1) is 4.92 Å². The van der Waals surface area contributed by atoms with E-state index in [0.717, 1.165) is 0 Å². The topological polar surface area (TPSA) is 72.2 Å². The molecule has 5 nitrogen and oxygen atoms in total. The Hall–Kier alpha value is -2.66. The van der Waals surface area contributed by atoms with E-state index in [9.17, 15) is 14.9 Å². The minimum absolute atomic E-state index is 0.00975. The summed E-state index contributed by atoms with van der Waals surface area (Å²) in [5.74, 6) is -0.310. The molecule has 0 spiro atoms. The highest BCUT2D eigenvalue weighted by molar-refractivity contribution is 6.30. The van der Waals surface area contributed by atoms with Crippen molar-refractivity contribution in [2.24, 2.45) is 0 Å². The normalized spacial score (nSPS) is 10.5. The molecule has 0 aliphatic carbocycles. The fraction of sp³-hybridized carbons (Fsp3) is 0. The molecule has 0 radical (unpaired) electrons. The molecule has 0 aliphatic heterocycles. The van der Waals surface area contributed by atoms with E-state index in [1.807, 2.05) is 0 Å². The summed E-state index contributed by atoms with van der Waals surface area (Å²) >= 11 is 5.82. The molecular weight excluding hydrogens is 292 g/mol. The first-order valence-corrected chi connectivity index (χ1v) is 6.41. The molecule has 106 valence electrons. The number of nitrogens with zero attached hydrogens (tertiary/aromatic N) is 1. The van der Waals surface area contributed by atoms with Gasteiger partial charge >= 0.3 is 0 Å². The second kappa shape index (κ2) is 6.67. The molecular formula is C15H11ClN2O3. The summed E-state index contributed by atoms with van der Waals surface area (Å²) in [5, 5.41) is 13.7. The van der Waals surface area contributed by atoms with Gasteiger partial charge in [0.25, 0.3) is 5.69 Å². The van der Waals surface area contributed by atoms with Gasteiger partial charge in [0.1, 0.15) is 0 Å². The van der Waals surface area contributed by atoms with Crippen molar-refractivity contribution in [3.63, 3.8) is 0 Å². The second-order valence-corrected chi connectivity index (χ2v) is 4.62. The third-order valence-electron chi connectivity index (χ3n) is 2.62. The molecule has 0 saturated heterocycles. The van der Waals surface area contributed by atoms with E-state index in [4.69, 9.17) is 11.6 Å². The van der Waals surface area contributed by atoms with Crippen LogP contribution in [0.5, 0.6) is 0 Å². The zero-order valence-electron chi connectivity index (χ0n) is 10.8. The van der Waals surface area contributed by atoms with E-state index in [1.165, 1.54) is 18.2 Å². The zero-order valence-corrected chi connectivity index (χ0v) is 11.6. The second-order valence-electron chi connectivity index (χ2n) is 4.18. The minimum atomic E-state index is -0.473. The number of carbonyl (C=O) groups is 1. The lowest BCUT2D eigenvalue weighted by Gasteiger charge is -2.01. The highest BCUT2D eigenvalue weighted by Gasteiger charge is 2.03. The van der Waals surface area contributed by atoms with Crippen LogP contribution in [0.25, 0.3) is 6.08 Å². The summed E-state index contributed by atoms with van der Waals surface area (Å²) < 4.78 is 0. The van der Waals surface area contributed by atoms with E-state index >= 15 is 0 Å². The van der Waals surface area contributed by atoms with Crippen molar-refractivity contribution in [1.29, 1.82) is 0 Å². The molecule has 2 aromatic carbocycles. The highest BCUT2D eigenvalue weighted by atomic mass is 35.5. The Morgan fingerprint density at radius 1 is 1.19 bits per heavy atom. The first-order valence-electron chi connectivity index (χ1n) is 6.04. The molecule has 21 heavy (non-hydrogen) atoms. The molecule has 0 bridgehead atoms. The molecule has 0 unspecified atom stereocenters. The zero-order chi connectivity index (χ0) is 15.2. The van der Waals surface area contributed by atoms with Crippen molar-refractivity contribution >= 4 is 35.0 Å². The Labute approximate surface area is 126 Å². The van der Waals surface area contributed by atoms with Gasteiger partial charge in [0.15, 0.2) is 0 Å². The summed E-state index contributed by atoms with van der Waals surface area (Å²) in [6, 6.07) is 12.7. The number of nitro benzene ring substituents is 1. The fourth-order valence-corrected chi connectivity index (χ4v) is 1.82. The largest absolute Gasteiger partial charge is 0.322 e. The van der Waals surface area contributed by atoms with Gasteiger partial charge in [0, 0.05) is 28.9 Å². The van der Waals surface area contributed by atoms with Crippen molar-refractivity contribution in [2.45, 2.75) is 0 Å². The summed E-state index contributed by atoms with van der Waals surface area (Å²) in [4.78, 5) is 21.8. The smallest absolute Gasteiger partial charge is 0.269 e.